The molecule has 3 heteroatoms. The number of ether oxygens (including phenoxy) is 2. The summed E-state index contributed by atoms with van der Waals surface area (Å²) in [7, 11) is 1.74. The van der Waals surface area contributed by atoms with E-state index in [0.29, 0.717) is 5.41 Å². The number of alkyl halides is 1. The van der Waals surface area contributed by atoms with E-state index >= 15 is 0 Å². The number of methoxy groups -OCH3 is 1. The highest BCUT2D eigenvalue weighted by atomic mass is 35.5. The minimum atomic E-state index is 0.353. The zero-order valence-corrected chi connectivity index (χ0v) is 14.2. The third kappa shape index (κ3) is 6.78. The van der Waals surface area contributed by atoms with Crippen molar-refractivity contribution in [1.82, 2.24) is 0 Å². The monoisotopic (exact) mass is 304 g/mol. The van der Waals surface area contributed by atoms with Crippen LogP contribution in [0, 0.1) is 11.3 Å². The lowest BCUT2D eigenvalue weighted by atomic mass is 9.69. The lowest BCUT2D eigenvalue weighted by Gasteiger charge is -2.39. The first-order valence-corrected chi connectivity index (χ1v) is 8.92. The van der Waals surface area contributed by atoms with Gasteiger partial charge in [-0.2, -0.15) is 0 Å². The zero-order chi connectivity index (χ0) is 14.7. The molecule has 1 saturated carbocycles. The van der Waals surface area contributed by atoms with Gasteiger partial charge in [-0.3, -0.25) is 0 Å². The predicted molar refractivity (Wildman–Crippen MR) is 86.6 cm³/mol. The van der Waals surface area contributed by atoms with Gasteiger partial charge in [-0.25, -0.2) is 0 Å². The highest BCUT2D eigenvalue weighted by Crippen LogP contribution is 2.43. The highest BCUT2D eigenvalue weighted by molar-refractivity contribution is 6.18. The molecule has 20 heavy (non-hydrogen) atoms. The van der Waals surface area contributed by atoms with Crippen molar-refractivity contribution in [3.05, 3.63) is 0 Å². The molecule has 0 aromatic heterocycles. The Hall–Kier alpha value is 0.210. The van der Waals surface area contributed by atoms with Gasteiger partial charge in [0.05, 0.1) is 0 Å². The first-order chi connectivity index (χ1) is 9.76. The van der Waals surface area contributed by atoms with Crippen LogP contribution in [-0.2, 0) is 9.47 Å². The first-order valence-electron chi connectivity index (χ1n) is 8.39. The average molecular weight is 305 g/mol. The van der Waals surface area contributed by atoms with Crippen LogP contribution < -0.4 is 0 Å². The van der Waals surface area contributed by atoms with Crippen LogP contribution in [0.25, 0.3) is 0 Å². The van der Waals surface area contributed by atoms with Gasteiger partial charge in [0.2, 0.25) is 0 Å². The van der Waals surface area contributed by atoms with Crippen molar-refractivity contribution in [2.24, 2.45) is 11.3 Å². The van der Waals surface area contributed by atoms with Crippen molar-refractivity contribution < 1.29 is 9.47 Å². The molecule has 0 atom stereocenters. The van der Waals surface area contributed by atoms with Crippen LogP contribution in [0.4, 0.5) is 0 Å². The van der Waals surface area contributed by atoms with Crippen LogP contribution in [0.1, 0.15) is 64.7 Å². The Bertz CT molecular complexity index is 225. The minimum absolute atomic E-state index is 0.353. The third-order valence-electron chi connectivity index (χ3n) is 4.83. The maximum Gasteiger partial charge on any atom is 0.0487 e. The second-order valence-electron chi connectivity index (χ2n) is 6.43. The van der Waals surface area contributed by atoms with Gasteiger partial charge in [0.15, 0.2) is 0 Å². The van der Waals surface area contributed by atoms with Crippen LogP contribution in [0.3, 0.4) is 0 Å². The fraction of sp³-hybridized carbons (Fsp3) is 1.00. The molecule has 0 aromatic carbocycles. The lowest BCUT2D eigenvalue weighted by Crippen LogP contribution is -2.30. The molecule has 0 radical (unpaired) electrons. The number of hydrogen-bond acceptors (Lipinski definition) is 2. The highest BCUT2D eigenvalue weighted by Gasteiger charge is 2.34. The van der Waals surface area contributed by atoms with Gasteiger partial charge in [0.25, 0.3) is 0 Å². The molecule has 0 amide bonds. The molecule has 0 spiro atoms. The Morgan fingerprint density at radius 2 is 1.85 bits per heavy atom. The average Bonchev–Trinajstić information content (AvgIpc) is 2.50. The van der Waals surface area contributed by atoms with Crippen molar-refractivity contribution in [3.8, 4) is 0 Å². The van der Waals surface area contributed by atoms with Crippen molar-refractivity contribution in [2.45, 2.75) is 64.7 Å². The minimum Gasteiger partial charge on any atom is -0.385 e. The Labute approximate surface area is 130 Å². The van der Waals surface area contributed by atoms with E-state index in [1.165, 1.54) is 44.9 Å². The SMILES string of the molecule is CCCCC1CCC(CCl)(CCOCCCOC)CC1. The quantitative estimate of drug-likeness (QED) is 0.393. The summed E-state index contributed by atoms with van der Waals surface area (Å²) in [6, 6.07) is 0. The number of rotatable bonds is 11. The molecule has 0 aromatic rings. The molecule has 0 saturated heterocycles. The number of hydrogen-bond donors (Lipinski definition) is 0. The summed E-state index contributed by atoms with van der Waals surface area (Å²) in [6.45, 7) is 4.74. The summed E-state index contributed by atoms with van der Waals surface area (Å²) in [5.41, 5.74) is 0.353. The van der Waals surface area contributed by atoms with Gasteiger partial charge >= 0.3 is 0 Å². The topological polar surface area (TPSA) is 18.5 Å². The molecule has 1 aliphatic rings. The van der Waals surface area contributed by atoms with E-state index in [9.17, 15) is 0 Å². The molecule has 0 bridgehead atoms. The van der Waals surface area contributed by atoms with E-state index in [1.54, 1.807) is 7.11 Å². The summed E-state index contributed by atoms with van der Waals surface area (Å²) < 4.78 is 10.7. The molecule has 0 unspecified atom stereocenters. The summed E-state index contributed by atoms with van der Waals surface area (Å²) in [5.74, 6) is 1.75. The summed E-state index contributed by atoms with van der Waals surface area (Å²) in [6.07, 6.45) is 11.6. The molecular formula is C17H33ClO2. The molecule has 0 heterocycles. The number of unbranched alkanes of at least 4 members (excludes halogenated alkanes) is 1. The van der Waals surface area contributed by atoms with Gasteiger partial charge in [0, 0.05) is 32.8 Å². The maximum atomic E-state index is 6.28. The molecule has 1 rings (SSSR count). The smallest absolute Gasteiger partial charge is 0.0487 e. The summed E-state index contributed by atoms with van der Waals surface area (Å²) >= 11 is 6.28. The third-order valence-corrected chi connectivity index (χ3v) is 5.40. The predicted octanol–water partition coefficient (Wildman–Crippen LogP) is 5.04. The van der Waals surface area contributed by atoms with Gasteiger partial charge < -0.3 is 9.47 Å². The lowest BCUT2D eigenvalue weighted by molar-refractivity contribution is 0.0621. The second-order valence-corrected chi connectivity index (χ2v) is 6.70. The van der Waals surface area contributed by atoms with E-state index in [4.69, 9.17) is 21.1 Å². The molecule has 120 valence electrons. The molecule has 1 fully saturated rings. The zero-order valence-electron chi connectivity index (χ0n) is 13.5. The normalized spacial score (nSPS) is 26.9. The number of halogens is 1. The van der Waals surface area contributed by atoms with Crippen LogP contribution in [0.2, 0.25) is 0 Å². The van der Waals surface area contributed by atoms with E-state index in [2.05, 4.69) is 6.92 Å². The van der Waals surface area contributed by atoms with E-state index < -0.39 is 0 Å². The molecule has 1 aliphatic carbocycles. The van der Waals surface area contributed by atoms with Gasteiger partial charge in [-0.15, -0.1) is 11.6 Å². The van der Waals surface area contributed by atoms with Gasteiger partial charge in [-0.05, 0) is 49.9 Å². The van der Waals surface area contributed by atoms with Crippen molar-refractivity contribution >= 4 is 11.6 Å². The summed E-state index contributed by atoms with van der Waals surface area (Å²) in [5, 5.41) is 0. The second kappa shape index (κ2) is 10.9. The largest absolute Gasteiger partial charge is 0.385 e. The van der Waals surface area contributed by atoms with Gasteiger partial charge in [0.1, 0.15) is 0 Å². The fourth-order valence-electron chi connectivity index (χ4n) is 3.22. The van der Waals surface area contributed by atoms with Crippen LogP contribution in [0.15, 0.2) is 0 Å². The van der Waals surface area contributed by atoms with Crippen LogP contribution in [-0.4, -0.2) is 32.8 Å². The first kappa shape index (κ1) is 18.3. The Morgan fingerprint density at radius 3 is 2.45 bits per heavy atom. The Morgan fingerprint density at radius 1 is 1.10 bits per heavy atom. The van der Waals surface area contributed by atoms with E-state index in [-0.39, 0.29) is 0 Å². The van der Waals surface area contributed by atoms with Gasteiger partial charge in [-0.1, -0.05) is 26.2 Å². The fourth-order valence-corrected chi connectivity index (χ4v) is 3.62. The van der Waals surface area contributed by atoms with Crippen molar-refractivity contribution in [1.29, 1.82) is 0 Å². The van der Waals surface area contributed by atoms with Crippen LogP contribution >= 0.6 is 11.6 Å². The van der Waals surface area contributed by atoms with Crippen molar-refractivity contribution in [2.75, 3.05) is 32.8 Å². The molecular weight excluding hydrogens is 272 g/mol. The Balaban J connectivity index is 2.17. The maximum absolute atomic E-state index is 6.28. The van der Waals surface area contributed by atoms with Crippen molar-refractivity contribution in [3.63, 3.8) is 0 Å². The van der Waals surface area contributed by atoms with Crippen LogP contribution in [0.5, 0.6) is 0 Å². The van der Waals surface area contributed by atoms with E-state index in [0.717, 1.165) is 44.5 Å². The molecule has 0 aliphatic heterocycles. The summed E-state index contributed by atoms with van der Waals surface area (Å²) in [4.78, 5) is 0. The molecule has 0 N–H and O–H groups in total. The molecule has 2 nitrogen and oxygen atoms in total. The van der Waals surface area contributed by atoms with E-state index in [1.807, 2.05) is 0 Å². The Kier molecular flexibility index (Phi) is 9.92. The standard InChI is InChI=1S/C17H33ClO2/c1-3-4-6-16-7-9-17(15-18,10-8-16)11-14-20-13-5-12-19-2/h16H,3-15H2,1-2H3.